The van der Waals surface area contributed by atoms with Gasteiger partial charge in [0.05, 0.1) is 0 Å². The normalized spacial score (nSPS) is 15.8. The molecule has 1 aliphatic rings. The Hall–Kier alpha value is -0.430. The highest BCUT2D eigenvalue weighted by Crippen LogP contribution is 2.30. The van der Waals surface area contributed by atoms with Gasteiger partial charge in [0.25, 0.3) is 10.2 Å². The van der Waals surface area contributed by atoms with E-state index in [9.17, 15) is 8.42 Å². The van der Waals surface area contributed by atoms with Crippen molar-refractivity contribution < 1.29 is 8.42 Å². The Morgan fingerprint density at radius 2 is 2.29 bits per heavy atom. The van der Waals surface area contributed by atoms with Crippen LogP contribution in [0, 0.1) is 0 Å². The molecule has 1 aromatic rings. The van der Waals surface area contributed by atoms with Crippen LogP contribution in [0.5, 0.6) is 0 Å². The van der Waals surface area contributed by atoms with Crippen molar-refractivity contribution in [2.24, 2.45) is 5.14 Å². The Bertz CT molecular complexity index is 415. The molecule has 6 heteroatoms. The maximum absolute atomic E-state index is 10.7. The minimum atomic E-state index is -3.56. The molecule has 1 aromatic heterocycles. The molecule has 0 saturated heterocycles. The summed E-state index contributed by atoms with van der Waals surface area (Å²) in [5.74, 6) is 0. The zero-order valence-corrected chi connectivity index (χ0v) is 9.25. The first-order valence-electron chi connectivity index (χ1n) is 4.42. The van der Waals surface area contributed by atoms with E-state index < -0.39 is 10.2 Å². The molecule has 1 heterocycles. The van der Waals surface area contributed by atoms with E-state index in [4.69, 9.17) is 5.14 Å². The molecule has 0 aliphatic heterocycles. The van der Waals surface area contributed by atoms with E-state index >= 15 is 0 Å². The molecular formula is C8H12N2O2S2. The first-order chi connectivity index (χ1) is 6.54. The van der Waals surface area contributed by atoms with Gasteiger partial charge in [-0.25, -0.2) is 5.14 Å². The van der Waals surface area contributed by atoms with Crippen molar-refractivity contribution in [2.45, 2.75) is 25.8 Å². The van der Waals surface area contributed by atoms with Gasteiger partial charge in [-0.1, -0.05) is 0 Å². The topological polar surface area (TPSA) is 72.2 Å². The van der Waals surface area contributed by atoms with Crippen LogP contribution in [0.3, 0.4) is 0 Å². The van der Waals surface area contributed by atoms with E-state index in [1.807, 2.05) is 0 Å². The Morgan fingerprint density at radius 3 is 2.93 bits per heavy atom. The molecule has 0 spiro atoms. The summed E-state index contributed by atoms with van der Waals surface area (Å²) in [6.07, 6.45) is 3.49. The summed E-state index contributed by atoms with van der Waals surface area (Å²) in [6, 6.07) is 2.07. The molecule has 0 saturated carbocycles. The monoisotopic (exact) mass is 232 g/mol. The third-order valence-electron chi connectivity index (χ3n) is 2.25. The summed E-state index contributed by atoms with van der Waals surface area (Å²) in [6.45, 7) is 0.316. The third-order valence-corrected chi connectivity index (χ3v) is 4.03. The molecule has 0 amide bonds. The van der Waals surface area contributed by atoms with Gasteiger partial charge in [0.2, 0.25) is 0 Å². The highest BCUT2D eigenvalue weighted by atomic mass is 32.2. The van der Waals surface area contributed by atoms with Gasteiger partial charge in [-0.2, -0.15) is 13.1 Å². The van der Waals surface area contributed by atoms with Gasteiger partial charge in [0, 0.05) is 16.3 Å². The molecule has 0 unspecified atom stereocenters. The van der Waals surface area contributed by atoms with Crippen LogP contribution >= 0.6 is 11.3 Å². The second-order valence-corrected chi connectivity index (χ2v) is 5.98. The van der Waals surface area contributed by atoms with E-state index in [0.717, 1.165) is 17.7 Å². The minimum Gasteiger partial charge on any atom is -0.216 e. The van der Waals surface area contributed by atoms with E-state index in [2.05, 4.69) is 10.8 Å². The van der Waals surface area contributed by atoms with Crippen molar-refractivity contribution in [3.63, 3.8) is 0 Å². The summed E-state index contributed by atoms with van der Waals surface area (Å²) in [5.41, 5.74) is 1.38. The van der Waals surface area contributed by atoms with Crippen molar-refractivity contribution in [3.05, 3.63) is 21.4 Å². The molecule has 0 atom stereocenters. The highest BCUT2D eigenvalue weighted by Gasteiger charge is 2.15. The van der Waals surface area contributed by atoms with E-state index in [1.54, 1.807) is 11.3 Å². The largest absolute Gasteiger partial charge is 0.274 e. The molecule has 0 radical (unpaired) electrons. The van der Waals surface area contributed by atoms with Crippen LogP contribution in [-0.2, 0) is 29.6 Å². The van der Waals surface area contributed by atoms with Crippen molar-refractivity contribution >= 4 is 21.5 Å². The van der Waals surface area contributed by atoms with Crippen molar-refractivity contribution in [3.8, 4) is 0 Å². The maximum atomic E-state index is 10.7. The van der Waals surface area contributed by atoms with Crippen LogP contribution in [0.2, 0.25) is 0 Å². The first-order valence-corrected chi connectivity index (χ1v) is 6.79. The van der Waals surface area contributed by atoms with Gasteiger partial charge in [-0.15, -0.1) is 11.3 Å². The number of aryl methyl sites for hydroxylation is 2. The molecule has 78 valence electrons. The zero-order valence-electron chi connectivity index (χ0n) is 7.62. The molecule has 0 fully saturated rings. The van der Waals surface area contributed by atoms with Crippen LogP contribution in [0.4, 0.5) is 0 Å². The Kier molecular flexibility index (Phi) is 2.61. The molecule has 0 aromatic carbocycles. The Balaban J connectivity index is 2.05. The lowest BCUT2D eigenvalue weighted by atomic mass is 10.2. The molecule has 1 aliphatic carbocycles. The fraction of sp³-hybridized carbons (Fsp3) is 0.500. The summed E-state index contributed by atoms with van der Waals surface area (Å²) >= 11 is 1.68. The number of hydrogen-bond acceptors (Lipinski definition) is 3. The van der Waals surface area contributed by atoms with Crippen molar-refractivity contribution in [2.75, 3.05) is 0 Å². The number of thiophene rings is 1. The smallest absolute Gasteiger partial charge is 0.216 e. The van der Waals surface area contributed by atoms with E-state index in [-0.39, 0.29) is 0 Å². The number of fused-ring (bicyclic) bond motifs is 1. The lowest BCUT2D eigenvalue weighted by Gasteiger charge is -1.98. The predicted octanol–water partition coefficient (Wildman–Crippen LogP) is 0.530. The number of nitrogens with one attached hydrogen (secondary N) is 1. The lowest BCUT2D eigenvalue weighted by Crippen LogP contribution is -2.29. The lowest BCUT2D eigenvalue weighted by molar-refractivity contribution is 0.583. The fourth-order valence-corrected chi connectivity index (χ4v) is 3.30. The molecule has 0 bridgehead atoms. The second-order valence-electron chi connectivity index (χ2n) is 3.38. The fourth-order valence-electron chi connectivity index (χ4n) is 1.65. The molecule has 2 rings (SSSR count). The third kappa shape index (κ3) is 2.33. The van der Waals surface area contributed by atoms with Crippen LogP contribution in [0.25, 0.3) is 0 Å². The van der Waals surface area contributed by atoms with Crippen LogP contribution in [-0.4, -0.2) is 8.42 Å². The van der Waals surface area contributed by atoms with Crippen LogP contribution in [0.15, 0.2) is 6.07 Å². The molecule has 14 heavy (non-hydrogen) atoms. The van der Waals surface area contributed by atoms with Gasteiger partial charge >= 0.3 is 0 Å². The highest BCUT2D eigenvalue weighted by molar-refractivity contribution is 7.87. The zero-order chi connectivity index (χ0) is 10.2. The quantitative estimate of drug-likeness (QED) is 0.798. The number of hydrogen-bond donors (Lipinski definition) is 2. The average molecular weight is 232 g/mol. The number of rotatable bonds is 3. The summed E-state index contributed by atoms with van der Waals surface area (Å²) in [5, 5.41) is 4.84. The minimum absolute atomic E-state index is 0.316. The first kappa shape index (κ1) is 10.1. The predicted molar refractivity (Wildman–Crippen MR) is 56.3 cm³/mol. The second kappa shape index (κ2) is 3.62. The van der Waals surface area contributed by atoms with Crippen molar-refractivity contribution in [1.29, 1.82) is 0 Å². The maximum Gasteiger partial charge on any atom is 0.274 e. The molecular weight excluding hydrogens is 220 g/mol. The number of nitrogens with two attached hydrogens (primary N) is 1. The molecule has 4 nitrogen and oxygen atoms in total. The Morgan fingerprint density at radius 1 is 1.50 bits per heavy atom. The SMILES string of the molecule is NS(=O)(=O)NCc1cc2c(s1)CCC2. The summed E-state index contributed by atoms with van der Waals surface area (Å²) in [7, 11) is -3.56. The van der Waals surface area contributed by atoms with Gasteiger partial charge in [-0.05, 0) is 30.9 Å². The van der Waals surface area contributed by atoms with Gasteiger partial charge in [-0.3, -0.25) is 0 Å². The standard InChI is InChI=1S/C8H12N2O2S2/c9-14(11,12)10-5-7-4-6-2-1-3-8(6)13-7/h4,10H,1-3,5H2,(H2,9,11,12). The van der Waals surface area contributed by atoms with Crippen molar-refractivity contribution in [1.82, 2.24) is 4.72 Å². The van der Waals surface area contributed by atoms with Crippen LogP contribution in [0.1, 0.15) is 21.7 Å². The van der Waals surface area contributed by atoms with E-state index in [0.29, 0.717) is 6.54 Å². The summed E-state index contributed by atoms with van der Waals surface area (Å²) in [4.78, 5) is 2.44. The van der Waals surface area contributed by atoms with Gasteiger partial charge in [0.15, 0.2) is 0 Å². The van der Waals surface area contributed by atoms with Crippen LogP contribution < -0.4 is 9.86 Å². The van der Waals surface area contributed by atoms with E-state index in [1.165, 1.54) is 16.9 Å². The van der Waals surface area contributed by atoms with Gasteiger partial charge < -0.3 is 0 Å². The molecule has 3 N–H and O–H groups in total. The summed E-state index contributed by atoms with van der Waals surface area (Å²) < 4.78 is 23.6. The average Bonchev–Trinajstić information content (AvgIpc) is 2.56. The van der Waals surface area contributed by atoms with Gasteiger partial charge in [0.1, 0.15) is 0 Å². The Labute approximate surface area is 87.3 Å².